The topological polar surface area (TPSA) is 64.3 Å². The van der Waals surface area contributed by atoms with Gasteiger partial charge < -0.3 is 15.5 Å². The summed E-state index contributed by atoms with van der Waals surface area (Å²) >= 11 is 3.28. The Morgan fingerprint density at radius 1 is 1.46 bits per heavy atom. The molecule has 1 aromatic carbocycles. The second-order valence-corrected chi connectivity index (χ2v) is 3.54. The summed E-state index contributed by atoms with van der Waals surface area (Å²) in [6.07, 6.45) is 1.64. The first kappa shape index (κ1) is 10.4. The van der Waals surface area contributed by atoms with Crippen molar-refractivity contribution in [3.8, 4) is 0 Å². The van der Waals surface area contributed by atoms with Crippen LogP contribution in [0.5, 0.6) is 0 Å². The smallest absolute Gasteiger partial charge is 0.423 e. The second-order valence-electron chi connectivity index (χ2n) is 2.63. The molecule has 0 bridgehead atoms. The molecule has 0 saturated heterocycles. The molecule has 0 spiro atoms. The summed E-state index contributed by atoms with van der Waals surface area (Å²) < 4.78 is 0.869. The molecule has 0 unspecified atom stereocenters. The molecule has 0 aliphatic heterocycles. The molecule has 0 amide bonds. The summed E-state index contributed by atoms with van der Waals surface area (Å²) in [5.41, 5.74) is 1.20. The number of halogens is 1. The van der Waals surface area contributed by atoms with Gasteiger partial charge in [-0.25, -0.2) is 0 Å². The van der Waals surface area contributed by atoms with E-state index in [-0.39, 0.29) is 0 Å². The van der Waals surface area contributed by atoms with Crippen molar-refractivity contribution in [1.82, 2.24) is 0 Å². The highest BCUT2D eigenvalue weighted by Gasteiger charge is 2.14. The fourth-order valence-corrected chi connectivity index (χ4v) is 1.52. The van der Waals surface area contributed by atoms with E-state index in [2.05, 4.69) is 15.9 Å². The number of hydrogen-bond donors (Lipinski definition) is 3. The van der Waals surface area contributed by atoms with Crippen molar-refractivity contribution < 1.29 is 10.0 Å². The number of nitrogens with one attached hydrogen (secondary N) is 1. The van der Waals surface area contributed by atoms with Gasteiger partial charge in [-0.3, -0.25) is 0 Å². The number of hydrogen-bond acceptors (Lipinski definition) is 3. The lowest BCUT2D eigenvalue weighted by Gasteiger charge is -2.06. The third-order valence-electron chi connectivity index (χ3n) is 1.71. The van der Waals surface area contributed by atoms with Crippen LogP contribution < -0.4 is 5.46 Å². The van der Waals surface area contributed by atoms with Crippen LogP contribution in [0.15, 0.2) is 22.7 Å². The van der Waals surface area contributed by atoms with Crippen molar-refractivity contribution in [2.45, 2.75) is 6.42 Å². The predicted molar refractivity (Wildman–Crippen MR) is 56.5 cm³/mol. The van der Waals surface area contributed by atoms with Crippen LogP contribution in [0.4, 0.5) is 0 Å². The highest BCUT2D eigenvalue weighted by Crippen LogP contribution is 2.10. The molecule has 5 heteroatoms. The highest BCUT2D eigenvalue weighted by molar-refractivity contribution is 9.10. The maximum atomic E-state index is 8.99. The van der Waals surface area contributed by atoms with Gasteiger partial charge >= 0.3 is 7.12 Å². The first-order valence-electron chi connectivity index (χ1n) is 3.78. The summed E-state index contributed by atoms with van der Waals surface area (Å²) in [5.74, 6) is 0. The Kier molecular flexibility index (Phi) is 3.65. The Morgan fingerprint density at radius 2 is 2.15 bits per heavy atom. The molecule has 0 fully saturated rings. The van der Waals surface area contributed by atoms with Crippen molar-refractivity contribution >= 4 is 34.7 Å². The number of benzene rings is 1. The maximum absolute atomic E-state index is 8.99. The Morgan fingerprint density at radius 3 is 2.69 bits per heavy atom. The standard InChI is InChI=1S/C8H9BBrNO2/c10-7-1-2-8(9(12)13)6(5-7)3-4-11/h1-2,4-5,11-13H,3H2. The predicted octanol–water partition coefficient (Wildman–Crippen LogP) is 0.321. The minimum Gasteiger partial charge on any atom is -0.423 e. The fraction of sp³-hybridized carbons (Fsp3) is 0.125. The lowest BCUT2D eigenvalue weighted by atomic mass is 9.76. The molecular weight excluding hydrogens is 233 g/mol. The summed E-state index contributed by atoms with van der Waals surface area (Å²) in [4.78, 5) is 0. The van der Waals surface area contributed by atoms with Gasteiger partial charge in [-0.15, -0.1) is 0 Å². The van der Waals surface area contributed by atoms with E-state index in [1.54, 1.807) is 18.2 Å². The van der Waals surface area contributed by atoms with E-state index >= 15 is 0 Å². The average molecular weight is 242 g/mol. The largest absolute Gasteiger partial charge is 0.488 e. The van der Waals surface area contributed by atoms with E-state index in [1.165, 1.54) is 6.21 Å². The Hall–Kier alpha value is -0.645. The molecule has 1 aromatic rings. The van der Waals surface area contributed by atoms with Gasteiger partial charge in [0.1, 0.15) is 0 Å². The zero-order valence-corrected chi connectivity index (χ0v) is 8.45. The van der Waals surface area contributed by atoms with Gasteiger partial charge in [-0.05, 0) is 29.4 Å². The van der Waals surface area contributed by atoms with Gasteiger partial charge in [0, 0.05) is 10.9 Å². The minimum atomic E-state index is -1.47. The molecule has 0 radical (unpaired) electrons. The lowest BCUT2D eigenvalue weighted by Crippen LogP contribution is -2.33. The molecular formula is C8H9BBrNO2. The van der Waals surface area contributed by atoms with E-state index < -0.39 is 7.12 Å². The normalized spacial score (nSPS) is 9.77. The molecule has 13 heavy (non-hydrogen) atoms. The van der Waals surface area contributed by atoms with Crippen LogP contribution in [0, 0.1) is 5.41 Å². The van der Waals surface area contributed by atoms with Crippen molar-refractivity contribution in [2.24, 2.45) is 0 Å². The lowest BCUT2D eigenvalue weighted by molar-refractivity contribution is 0.425. The Bertz CT molecular complexity index is 317. The van der Waals surface area contributed by atoms with Crippen LogP contribution in [-0.2, 0) is 6.42 Å². The molecule has 3 N–H and O–H groups in total. The fourth-order valence-electron chi connectivity index (χ4n) is 1.11. The maximum Gasteiger partial charge on any atom is 0.488 e. The summed E-state index contributed by atoms with van der Waals surface area (Å²) in [7, 11) is -1.47. The molecule has 68 valence electrons. The van der Waals surface area contributed by atoms with Crippen LogP contribution in [0.1, 0.15) is 5.56 Å². The molecule has 0 atom stereocenters. The van der Waals surface area contributed by atoms with Crippen LogP contribution in [0.2, 0.25) is 0 Å². The van der Waals surface area contributed by atoms with Crippen LogP contribution >= 0.6 is 15.9 Å². The van der Waals surface area contributed by atoms with Crippen LogP contribution in [-0.4, -0.2) is 23.4 Å². The van der Waals surface area contributed by atoms with E-state index in [4.69, 9.17) is 15.5 Å². The zero-order valence-electron chi connectivity index (χ0n) is 6.87. The molecule has 1 rings (SSSR count). The molecule has 0 aliphatic rings. The first-order valence-corrected chi connectivity index (χ1v) is 4.58. The molecule has 0 heterocycles. The quantitative estimate of drug-likeness (QED) is 0.527. The average Bonchev–Trinajstić information content (AvgIpc) is 2.04. The SMILES string of the molecule is N=CCc1cc(Br)ccc1B(O)O. The van der Waals surface area contributed by atoms with E-state index in [0.29, 0.717) is 11.9 Å². The molecule has 0 saturated carbocycles. The van der Waals surface area contributed by atoms with Gasteiger partial charge in [0.15, 0.2) is 0 Å². The van der Waals surface area contributed by atoms with Crippen molar-refractivity contribution in [1.29, 1.82) is 5.41 Å². The molecule has 0 aliphatic carbocycles. The highest BCUT2D eigenvalue weighted by atomic mass is 79.9. The van der Waals surface area contributed by atoms with Gasteiger partial charge in [0.05, 0.1) is 0 Å². The third-order valence-corrected chi connectivity index (χ3v) is 2.20. The monoisotopic (exact) mass is 241 g/mol. The second kappa shape index (κ2) is 4.55. The Labute approximate surface area is 85.2 Å². The van der Waals surface area contributed by atoms with E-state index in [9.17, 15) is 0 Å². The Balaban J connectivity index is 3.10. The molecule has 3 nitrogen and oxygen atoms in total. The van der Waals surface area contributed by atoms with Gasteiger partial charge in [0.25, 0.3) is 0 Å². The third kappa shape index (κ3) is 2.65. The zero-order chi connectivity index (χ0) is 9.84. The number of rotatable bonds is 3. The summed E-state index contributed by atoms with van der Waals surface area (Å²) in [6, 6.07) is 5.15. The van der Waals surface area contributed by atoms with Crippen LogP contribution in [0.25, 0.3) is 0 Å². The van der Waals surface area contributed by atoms with Crippen molar-refractivity contribution in [2.75, 3.05) is 0 Å². The minimum absolute atomic E-state index is 0.409. The summed E-state index contributed by atoms with van der Waals surface area (Å²) in [6.45, 7) is 0. The van der Waals surface area contributed by atoms with E-state index in [1.807, 2.05) is 0 Å². The van der Waals surface area contributed by atoms with Gasteiger partial charge in [0.2, 0.25) is 0 Å². The van der Waals surface area contributed by atoms with Gasteiger partial charge in [-0.1, -0.05) is 22.0 Å². The van der Waals surface area contributed by atoms with Crippen molar-refractivity contribution in [3.63, 3.8) is 0 Å². The van der Waals surface area contributed by atoms with Gasteiger partial charge in [-0.2, -0.15) is 0 Å². The van der Waals surface area contributed by atoms with Crippen molar-refractivity contribution in [3.05, 3.63) is 28.2 Å². The first-order chi connectivity index (χ1) is 6.15. The molecule has 0 aromatic heterocycles. The van der Waals surface area contributed by atoms with E-state index in [0.717, 1.165) is 10.0 Å². The van der Waals surface area contributed by atoms with Crippen LogP contribution in [0.3, 0.4) is 0 Å². The summed E-state index contributed by atoms with van der Waals surface area (Å²) in [5, 5.41) is 24.9.